The lowest BCUT2D eigenvalue weighted by Crippen LogP contribution is -2.51. The van der Waals surface area contributed by atoms with E-state index in [0.29, 0.717) is 16.6 Å². The lowest BCUT2D eigenvalue weighted by atomic mass is 10.3. The summed E-state index contributed by atoms with van der Waals surface area (Å²) < 4.78 is 6.22. The van der Waals surface area contributed by atoms with Crippen LogP contribution in [0.5, 0.6) is 0 Å². The number of aliphatic hydroxyl groups is 1. The predicted molar refractivity (Wildman–Crippen MR) is 79.0 cm³/mol. The van der Waals surface area contributed by atoms with Crippen LogP contribution in [0.3, 0.4) is 0 Å². The molecule has 1 unspecified atom stereocenters. The number of rotatable bonds is 8. The van der Waals surface area contributed by atoms with Crippen molar-refractivity contribution in [2.24, 2.45) is 0 Å². The van der Waals surface area contributed by atoms with Crippen LogP contribution in [-0.2, 0) is 4.43 Å². The van der Waals surface area contributed by atoms with Gasteiger partial charge in [0, 0.05) is 0 Å². The van der Waals surface area contributed by atoms with Crippen LogP contribution in [0.1, 0.15) is 41.5 Å². The molecule has 0 spiro atoms. The largest absolute Gasteiger partial charge is 0.465 e. The van der Waals surface area contributed by atoms with Crippen molar-refractivity contribution in [2.75, 3.05) is 13.2 Å². The van der Waals surface area contributed by atoms with E-state index < -0.39 is 20.5 Å². The monoisotopic (exact) mass is 291 g/mol. The lowest BCUT2D eigenvalue weighted by Gasteiger charge is -2.42. The Morgan fingerprint density at radius 2 is 1.53 bits per heavy atom. The molecule has 0 aromatic heterocycles. The molecule has 0 aromatic rings. The van der Waals surface area contributed by atoms with Gasteiger partial charge in [-0.2, -0.15) is 0 Å². The minimum Gasteiger partial charge on any atom is -0.465 e. The number of hydrogen-bond donors (Lipinski definition) is 3. The molecule has 1 amide bonds. The molecule has 0 aromatic carbocycles. The zero-order chi connectivity index (χ0) is 15.2. The van der Waals surface area contributed by atoms with Crippen molar-refractivity contribution < 1.29 is 19.4 Å². The molecule has 0 saturated heterocycles. The summed E-state index contributed by atoms with van der Waals surface area (Å²) in [5.41, 5.74) is 1.32. The van der Waals surface area contributed by atoms with Crippen LogP contribution in [-0.4, -0.2) is 43.9 Å². The van der Waals surface area contributed by atoms with E-state index in [4.69, 9.17) is 9.53 Å². The smallest absolute Gasteiger partial charge is 0.405 e. The Bertz CT molecular complexity index is 260. The average Bonchev–Trinajstić information content (AvgIpc) is 2.26. The predicted octanol–water partition coefficient (Wildman–Crippen LogP) is 2.81. The van der Waals surface area contributed by atoms with Gasteiger partial charge in [0.25, 0.3) is 0 Å². The first kappa shape index (κ1) is 18.4. The summed E-state index contributed by atoms with van der Waals surface area (Å²) >= 11 is 0. The minimum absolute atomic E-state index is 0.240. The number of carboxylic acid groups (broad SMARTS) is 1. The molecule has 19 heavy (non-hydrogen) atoms. The first-order valence-electron chi connectivity index (χ1n) is 6.92. The summed E-state index contributed by atoms with van der Waals surface area (Å²) in [6.45, 7) is 13.0. The third kappa shape index (κ3) is 4.78. The van der Waals surface area contributed by atoms with Crippen LogP contribution < -0.4 is 5.32 Å². The number of aliphatic hydroxyl groups excluding tert-OH is 1. The summed E-state index contributed by atoms with van der Waals surface area (Å²) in [6, 6.07) is -0.555. The molecule has 0 bridgehead atoms. The first-order chi connectivity index (χ1) is 8.68. The van der Waals surface area contributed by atoms with Crippen LogP contribution >= 0.6 is 0 Å². The maximum absolute atomic E-state index is 10.6. The molecule has 3 N–H and O–H groups in total. The molecule has 5 nitrogen and oxygen atoms in total. The minimum atomic E-state index is -2.00. The van der Waals surface area contributed by atoms with Gasteiger partial charge in [0.1, 0.15) is 0 Å². The highest BCUT2D eigenvalue weighted by Gasteiger charge is 2.45. The van der Waals surface area contributed by atoms with Gasteiger partial charge in [0.2, 0.25) is 0 Å². The lowest BCUT2D eigenvalue weighted by molar-refractivity contribution is 0.150. The van der Waals surface area contributed by atoms with E-state index in [-0.39, 0.29) is 13.2 Å². The van der Waals surface area contributed by atoms with E-state index in [9.17, 15) is 9.90 Å². The zero-order valence-electron chi connectivity index (χ0n) is 12.9. The number of amides is 1. The van der Waals surface area contributed by atoms with Gasteiger partial charge in [-0.05, 0) is 16.6 Å². The normalized spacial score (nSPS) is 14.2. The van der Waals surface area contributed by atoms with Crippen molar-refractivity contribution in [1.82, 2.24) is 5.32 Å². The van der Waals surface area contributed by atoms with Gasteiger partial charge in [-0.1, -0.05) is 41.5 Å². The second kappa shape index (κ2) is 7.87. The Labute approximate surface area is 117 Å². The van der Waals surface area contributed by atoms with Crippen LogP contribution in [0.15, 0.2) is 0 Å². The highest BCUT2D eigenvalue weighted by Crippen LogP contribution is 2.42. The van der Waals surface area contributed by atoms with Crippen molar-refractivity contribution >= 4 is 14.4 Å². The first-order valence-corrected chi connectivity index (χ1v) is 9.06. The molecule has 0 rings (SSSR count). The number of carbonyl (C=O) groups is 1. The van der Waals surface area contributed by atoms with Crippen LogP contribution in [0.4, 0.5) is 4.79 Å². The van der Waals surface area contributed by atoms with Gasteiger partial charge in [0.15, 0.2) is 8.32 Å². The Kier molecular flexibility index (Phi) is 7.62. The molecular formula is C13H29NO4Si. The van der Waals surface area contributed by atoms with E-state index >= 15 is 0 Å². The zero-order valence-corrected chi connectivity index (χ0v) is 13.9. The van der Waals surface area contributed by atoms with Crippen molar-refractivity contribution in [3.8, 4) is 0 Å². The Morgan fingerprint density at radius 1 is 1.11 bits per heavy atom. The summed E-state index contributed by atoms with van der Waals surface area (Å²) in [5.74, 6) is 0. The molecule has 0 saturated carbocycles. The SMILES string of the molecule is CC(C)[Si](OCC(CO)NC(=O)O)(C(C)C)C(C)C. The van der Waals surface area contributed by atoms with Crippen molar-refractivity contribution in [2.45, 2.75) is 64.2 Å². The highest BCUT2D eigenvalue weighted by atomic mass is 28.4. The topological polar surface area (TPSA) is 78.8 Å². The second-order valence-corrected chi connectivity index (χ2v) is 11.4. The van der Waals surface area contributed by atoms with Crippen molar-refractivity contribution in [3.05, 3.63) is 0 Å². The van der Waals surface area contributed by atoms with E-state index in [1.165, 1.54) is 0 Å². The summed E-state index contributed by atoms with van der Waals surface area (Å²) in [7, 11) is -2.00. The second-order valence-electron chi connectivity index (χ2n) is 5.96. The molecule has 0 aliphatic carbocycles. The fourth-order valence-corrected chi connectivity index (χ4v) is 8.55. The summed E-state index contributed by atoms with van der Waals surface area (Å²) in [6.07, 6.45) is -1.13. The van der Waals surface area contributed by atoms with E-state index in [2.05, 4.69) is 46.9 Å². The maximum atomic E-state index is 10.6. The quantitative estimate of drug-likeness (QED) is 0.601. The third-order valence-corrected chi connectivity index (χ3v) is 9.87. The van der Waals surface area contributed by atoms with Crippen LogP contribution in [0.2, 0.25) is 16.6 Å². The molecule has 0 aliphatic rings. The molecule has 1 atom stereocenters. The van der Waals surface area contributed by atoms with Gasteiger partial charge in [-0.3, -0.25) is 0 Å². The molecule has 0 fully saturated rings. The Morgan fingerprint density at radius 3 is 1.79 bits per heavy atom. The van der Waals surface area contributed by atoms with Gasteiger partial charge in [0.05, 0.1) is 19.3 Å². The van der Waals surface area contributed by atoms with Gasteiger partial charge >= 0.3 is 6.09 Å². The number of hydrogen-bond acceptors (Lipinski definition) is 3. The Balaban J connectivity index is 4.88. The van der Waals surface area contributed by atoms with Gasteiger partial charge < -0.3 is 20.0 Å². The molecule has 114 valence electrons. The molecule has 0 aliphatic heterocycles. The van der Waals surface area contributed by atoms with Crippen molar-refractivity contribution in [1.29, 1.82) is 0 Å². The van der Waals surface area contributed by atoms with Gasteiger partial charge in [-0.25, -0.2) is 4.79 Å². The van der Waals surface area contributed by atoms with E-state index in [1.54, 1.807) is 0 Å². The fraction of sp³-hybridized carbons (Fsp3) is 0.923. The average molecular weight is 291 g/mol. The Hall–Kier alpha value is -0.593. The molecule has 6 heteroatoms. The maximum Gasteiger partial charge on any atom is 0.405 e. The highest BCUT2D eigenvalue weighted by molar-refractivity contribution is 6.77. The van der Waals surface area contributed by atoms with Gasteiger partial charge in [-0.15, -0.1) is 0 Å². The third-order valence-electron chi connectivity index (χ3n) is 3.79. The molecule has 0 heterocycles. The van der Waals surface area contributed by atoms with Crippen molar-refractivity contribution in [3.63, 3.8) is 0 Å². The summed E-state index contributed by atoms with van der Waals surface area (Å²) in [5, 5.41) is 20.2. The van der Waals surface area contributed by atoms with Crippen LogP contribution in [0, 0.1) is 0 Å². The number of nitrogens with one attached hydrogen (secondary N) is 1. The molecule has 0 radical (unpaired) electrons. The fourth-order valence-electron chi connectivity index (χ4n) is 3.06. The van der Waals surface area contributed by atoms with E-state index in [1.807, 2.05) is 0 Å². The molecular weight excluding hydrogens is 262 g/mol. The van der Waals surface area contributed by atoms with Crippen LogP contribution in [0.25, 0.3) is 0 Å². The standard InChI is InChI=1S/C13H29NO4Si/c1-9(2)19(10(3)4,11(5)6)18-8-12(7-15)14-13(16)17/h9-12,14-15H,7-8H2,1-6H3,(H,16,17). The van der Waals surface area contributed by atoms with E-state index in [0.717, 1.165) is 0 Å². The summed E-state index contributed by atoms with van der Waals surface area (Å²) in [4.78, 5) is 10.6.